The van der Waals surface area contributed by atoms with Gasteiger partial charge in [-0.1, -0.05) is 24.3 Å². The van der Waals surface area contributed by atoms with Crippen molar-refractivity contribution in [1.29, 1.82) is 0 Å². The molecule has 0 bridgehead atoms. The van der Waals surface area contributed by atoms with E-state index < -0.39 is 23.5 Å². The van der Waals surface area contributed by atoms with Gasteiger partial charge in [-0.05, 0) is 48.2 Å². The highest BCUT2D eigenvalue weighted by Gasteiger charge is 2.46. The summed E-state index contributed by atoms with van der Waals surface area (Å²) in [7, 11) is 1.54. The van der Waals surface area contributed by atoms with Gasteiger partial charge in [0.15, 0.2) is 17.3 Å². The summed E-state index contributed by atoms with van der Waals surface area (Å²) in [5, 5.41) is 12.7. The number of nitrogens with zero attached hydrogens (tertiary/aromatic N) is 2. The van der Waals surface area contributed by atoms with Crippen LogP contribution >= 0.6 is 11.3 Å². The van der Waals surface area contributed by atoms with Gasteiger partial charge in [-0.15, -0.1) is 11.3 Å². The fraction of sp³-hybridized carbons (Fsp3) is 0.160. The van der Waals surface area contributed by atoms with E-state index in [9.17, 15) is 14.7 Å². The number of aromatic nitrogens is 2. The fourth-order valence-electron chi connectivity index (χ4n) is 4.10. The standard InChI is InChI=1S/C25H21N3O5S/c1-3-33-18-13-14(10-11-17(18)32-2)21-20(22(29)19-9-6-12-34-19)23(30)24(31)28(21)25-26-15-7-4-5-8-16(15)27-25/h4-13,21,30H,3H2,1-2H3,(H,26,27). The lowest BCUT2D eigenvalue weighted by Crippen LogP contribution is -2.32. The summed E-state index contributed by atoms with van der Waals surface area (Å²) in [6, 6.07) is 15.0. The Hall–Kier alpha value is -4.11. The lowest BCUT2D eigenvalue weighted by atomic mass is 9.95. The number of nitrogens with one attached hydrogen (secondary N) is 1. The van der Waals surface area contributed by atoms with Gasteiger partial charge in [-0.25, -0.2) is 4.98 Å². The van der Waals surface area contributed by atoms with E-state index in [0.29, 0.717) is 34.1 Å². The summed E-state index contributed by atoms with van der Waals surface area (Å²) >= 11 is 1.24. The number of benzene rings is 2. The first-order chi connectivity index (χ1) is 16.5. The zero-order valence-corrected chi connectivity index (χ0v) is 19.3. The number of carbonyl (C=O) groups is 2. The van der Waals surface area contributed by atoms with E-state index in [1.165, 1.54) is 23.3 Å². The number of anilines is 1. The first-order valence-corrected chi connectivity index (χ1v) is 11.5. The van der Waals surface area contributed by atoms with Crippen LogP contribution in [0.5, 0.6) is 11.5 Å². The van der Waals surface area contributed by atoms with Gasteiger partial charge < -0.3 is 19.6 Å². The lowest BCUT2D eigenvalue weighted by Gasteiger charge is -2.25. The largest absolute Gasteiger partial charge is 0.503 e. The number of aliphatic hydroxyl groups is 1. The van der Waals surface area contributed by atoms with Crippen molar-refractivity contribution in [2.45, 2.75) is 13.0 Å². The normalized spacial score (nSPS) is 15.9. The molecular weight excluding hydrogens is 454 g/mol. The van der Waals surface area contributed by atoms with Crippen LogP contribution in [0.1, 0.15) is 28.2 Å². The quantitative estimate of drug-likeness (QED) is 0.372. The van der Waals surface area contributed by atoms with E-state index in [1.807, 2.05) is 31.2 Å². The predicted molar refractivity (Wildman–Crippen MR) is 129 cm³/mol. The Morgan fingerprint density at radius 2 is 2.00 bits per heavy atom. The number of rotatable bonds is 7. The third-order valence-electron chi connectivity index (χ3n) is 5.61. The highest BCUT2D eigenvalue weighted by Crippen LogP contribution is 2.43. The van der Waals surface area contributed by atoms with Crippen LogP contribution in [0, 0.1) is 0 Å². The number of ether oxygens (including phenoxy) is 2. The van der Waals surface area contributed by atoms with Crippen LogP contribution in [-0.2, 0) is 4.79 Å². The summed E-state index contributed by atoms with van der Waals surface area (Å²) in [6.45, 7) is 2.25. The van der Waals surface area contributed by atoms with Crippen molar-refractivity contribution >= 4 is 40.0 Å². The molecule has 1 amide bonds. The van der Waals surface area contributed by atoms with Crippen molar-refractivity contribution in [3.8, 4) is 11.5 Å². The van der Waals surface area contributed by atoms with Crippen LogP contribution in [0.15, 0.2) is 71.3 Å². The summed E-state index contributed by atoms with van der Waals surface area (Å²) in [4.78, 5) is 36.2. The molecule has 172 valence electrons. The van der Waals surface area contributed by atoms with Gasteiger partial charge in [0, 0.05) is 0 Å². The number of aromatic amines is 1. The van der Waals surface area contributed by atoms with Gasteiger partial charge in [-0.2, -0.15) is 0 Å². The Bertz CT molecular complexity index is 1390. The number of carbonyl (C=O) groups excluding carboxylic acids is 2. The number of H-pyrrole nitrogens is 1. The number of fused-ring (bicyclic) bond motifs is 1. The highest BCUT2D eigenvalue weighted by molar-refractivity contribution is 7.12. The van der Waals surface area contributed by atoms with Crippen molar-refractivity contribution in [3.63, 3.8) is 0 Å². The van der Waals surface area contributed by atoms with E-state index in [1.54, 1.807) is 35.7 Å². The van der Waals surface area contributed by atoms with E-state index in [4.69, 9.17) is 9.47 Å². The molecule has 0 spiro atoms. The SMILES string of the molecule is CCOc1cc(C2C(C(=O)c3cccs3)=C(O)C(=O)N2c2nc3ccccc3[nH]2)ccc1OC. The minimum atomic E-state index is -0.923. The zero-order valence-electron chi connectivity index (χ0n) is 18.4. The van der Waals surface area contributed by atoms with Crippen LogP contribution in [0.3, 0.4) is 0 Å². The molecule has 3 heterocycles. The number of para-hydroxylation sites is 2. The van der Waals surface area contributed by atoms with E-state index in [0.717, 1.165) is 5.52 Å². The molecular formula is C25H21N3O5S. The van der Waals surface area contributed by atoms with Gasteiger partial charge >= 0.3 is 0 Å². The average Bonchev–Trinajstić information content (AvgIpc) is 3.58. The average molecular weight is 476 g/mol. The van der Waals surface area contributed by atoms with Gasteiger partial charge in [0.25, 0.3) is 5.91 Å². The minimum absolute atomic E-state index is 0.0134. The Kier molecular flexibility index (Phi) is 5.54. The molecule has 0 fully saturated rings. The number of amides is 1. The van der Waals surface area contributed by atoms with E-state index >= 15 is 0 Å². The van der Waals surface area contributed by atoms with Gasteiger partial charge in [0.2, 0.25) is 11.7 Å². The molecule has 1 unspecified atom stereocenters. The summed E-state index contributed by atoms with van der Waals surface area (Å²) in [5.74, 6) is -0.516. The van der Waals surface area contributed by atoms with Crippen LogP contribution in [-0.4, -0.2) is 40.5 Å². The van der Waals surface area contributed by atoms with Crippen molar-refractivity contribution in [1.82, 2.24) is 9.97 Å². The Balaban J connectivity index is 1.69. The highest BCUT2D eigenvalue weighted by atomic mass is 32.1. The van der Waals surface area contributed by atoms with Gasteiger partial charge in [0.1, 0.15) is 0 Å². The molecule has 0 saturated heterocycles. The molecule has 0 saturated carbocycles. The zero-order chi connectivity index (χ0) is 23.8. The smallest absolute Gasteiger partial charge is 0.296 e. The lowest BCUT2D eigenvalue weighted by molar-refractivity contribution is -0.117. The summed E-state index contributed by atoms with van der Waals surface area (Å²) < 4.78 is 11.1. The maximum atomic E-state index is 13.5. The second kappa shape index (κ2) is 8.68. The topological polar surface area (TPSA) is 105 Å². The number of thiophene rings is 1. The van der Waals surface area contributed by atoms with Crippen LogP contribution in [0.2, 0.25) is 0 Å². The van der Waals surface area contributed by atoms with Gasteiger partial charge in [-0.3, -0.25) is 14.5 Å². The predicted octanol–water partition coefficient (Wildman–Crippen LogP) is 4.81. The molecule has 0 radical (unpaired) electrons. The molecule has 1 atom stereocenters. The molecule has 8 nitrogen and oxygen atoms in total. The molecule has 1 aliphatic heterocycles. The fourth-order valence-corrected chi connectivity index (χ4v) is 4.77. The van der Waals surface area contributed by atoms with Crippen LogP contribution in [0.4, 0.5) is 5.95 Å². The van der Waals surface area contributed by atoms with Crippen molar-refractivity contribution in [3.05, 3.63) is 81.8 Å². The third-order valence-corrected chi connectivity index (χ3v) is 6.47. The first-order valence-electron chi connectivity index (χ1n) is 10.6. The second-order valence-electron chi connectivity index (χ2n) is 7.57. The molecule has 34 heavy (non-hydrogen) atoms. The summed E-state index contributed by atoms with van der Waals surface area (Å²) in [5.41, 5.74) is 1.94. The molecule has 1 aliphatic rings. The first kappa shape index (κ1) is 21.7. The van der Waals surface area contributed by atoms with Crippen LogP contribution < -0.4 is 14.4 Å². The number of imidazole rings is 1. The number of hydrogen-bond acceptors (Lipinski definition) is 7. The molecule has 2 N–H and O–H groups in total. The van der Waals surface area contributed by atoms with Crippen molar-refractivity contribution in [2.24, 2.45) is 0 Å². The Morgan fingerprint density at radius 3 is 2.71 bits per heavy atom. The molecule has 4 aromatic rings. The molecule has 2 aromatic carbocycles. The second-order valence-corrected chi connectivity index (χ2v) is 8.51. The van der Waals surface area contributed by atoms with E-state index in [-0.39, 0.29) is 11.5 Å². The maximum Gasteiger partial charge on any atom is 0.296 e. The Labute approximate surface area is 199 Å². The monoisotopic (exact) mass is 475 g/mol. The summed E-state index contributed by atoms with van der Waals surface area (Å²) in [6.07, 6.45) is 0. The van der Waals surface area contributed by atoms with E-state index in [2.05, 4.69) is 9.97 Å². The van der Waals surface area contributed by atoms with Crippen LogP contribution in [0.25, 0.3) is 11.0 Å². The maximum absolute atomic E-state index is 13.5. The molecule has 5 rings (SSSR count). The third kappa shape index (κ3) is 3.50. The minimum Gasteiger partial charge on any atom is -0.503 e. The number of Topliss-reactive ketones (excluding diaryl/α,β-unsaturated/α-hetero) is 1. The van der Waals surface area contributed by atoms with Crippen molar-refractivity contribution < 1.29 is 24.2 Å². The molecule has 2 aromatic heterocycles. The Morgan fingerprint density at radius 1 is 1.18 bits per heavy atom. The van der Waals surface area contributed by atoms with Crippen molar-refractivity contribution in [2.75, 3.05) is 18.6 Å². The number of methoxy groups -OCH3 is 1. The molecule has 9 heteroatoms. The number of ketones is 1. The van der Waals surface area contributed by atoms with Gasteiger partial charge in [0.05, 0.1) is 41.2 Å². The molecule has 0 aliphatic carbocycles. The number of hydrogen-bond donors (Lipinski definition) is 2. The number of aliphatic hydroxyl groups excluding tert-OH is 1.